The Morgan fingerprint density at radius 2 is 2.05 bits per heavy atom. The minimum atomic E-state index is -0.101. The number of hydrogen-bond donors (Lipinski definition) is 1. The zero-order chi connectivity index (χ0) is 13.9. The van der Waals surface area contributed by atoms with Crippen LogP contribution in [0.1, 0.15) is 35.2 Å². The van der Waals surface area contributed by atoms with Crippen LogP contribution in [-0.4, -0.2) is 15.8 Å². The predicted molar refractivity (Wildman–Crippen MR) is 79.9 cm³/mol. The number of carbonyl (C=O) groups excluding carboxylic acids is 1. The fourth-order valence-electron chi connectivity index (χ4n) is 2.61. The number of fused-ring (bicyclic) bond motifs is 1. The van der Waals surface area contributed by atoms with E-state index in [2.05, 4.69) is 9.97 Å². The van der Waals surface area contributed by atoms with Crippen molar-refractivity contribution in [1.29, 1.82) is 0 Å². The molecule has 0 spiro atoms. The molecule has 2 aromatic heterocycles. The monoisotopic (exact) mass is 264 g/mol. The first-order valence-corrected chi connectivity index (χ1v) is 6.81. The predicted octanol–water partition coefficient (Wildman–Crippen LogP) is 3.94. The van der Waals surface area contributed by atoms with Gasteiger partial charge in [0.15, 0.2) is 5.78 Å². The summed E-state index contributed by atoms with van der Waals surface area (Å²) in [4.78, 5) is 20.1. The summed E-state index contributed by atoms with van der Waals surface area (Å²) < 4.78 is 0. The highest BCUT2D eigenvalue weighted by Crippen LogP contribution is 2.27. The van der Waals surface area contributed by atoms with Crippen LogP contribution >= 0.6 is 0 Å². The van der Waals surface area contributed by atoms with Gasteiger partial charge in [0, 0.05) is 41.0 Å². The molecule has 3 heteroatoms. The Kier molecular flexibility index (Phi) is 3.33. The molecule has 2 heterocycles. The molecule has 1 unspecified atom stereocenters. The minimum absolute atomic E-state index is 0.101. The third kappa shape index (κ3) is 2.11. The molecule has 0 saturated carbocycles. The fraction of sp³-hybridized carbons (Fsp3) is 0.176. The quantitative estimate of drug-likeness (QED) is 0.725. The molecule has 1 N–H and O–H groups in total. The number of Topliss-reactive ketones (excluding diaryl/α,β-unsaturated/α-hetero) is 1. The largest absolute Gasteiger partial charge is 0.360 e. The lowest BCUT2D eigenvalue weighted by atomic mass is 9.89. The Hall–Kier alpha value is -2.42. The second-order valence-electron chi connectivity index (χ2n) is 4.86. The van der Waals surface area contributed by atoms with Gasteiger partial charge in [-0.15, -0.1) is 0 Å². The SMILES string of the molecule is CCC(C(=O)c1c[nH]c2ccncc12)c1ccccc1. The molecular formula is C17H16N2O. The number of ketones is 1. The van der Waals surface area contributed by atoms with Crippen molar-refractivity contribution in [2.75, 3.05) is 0 Å². The average Bonchev–Trinajstić information content (AvgIpc) is 2.93. The molecule has 100 valence electrons. The maximum atomic E-state index is 12.8. The van der Waals surface area contributed by atoms with Crippen molar-refractivity contribution in [2.45, 2.75) is 19.3 Å². The Labute approximate surface area is 117 Å². The lowest BCUT2D eigenvalue weighted by molar-refractivity contribution is 0.0959. The molecule has 0 aliphatic heterocycles. The van der Waals surface area contributed by atoms with Crippen LogP contribution in [0.25, 0.3) is 10.9 Å². The van der Waals surface area contributed by atoms with Gasteiger partial charge in [-0.2, -0.15) is 0 Å². The topological polar surface area (TPSA) is 45.8 Å². The number of rotatable bonds is 4. The molecular weight excluding hydrogens is 248 g/mol. The van der Waals surface area contributed by atoms with Gasteiger partial charge in [0.25, 0.3) is 0 Å². The van der Waals surface area contributed by atoms with Crippen molar-refractivity contribution in [2.24, 2.45) is 0 Å². The highest BCUT2D eigenvalue weighted by Gasteiger charge is 2.22. The first-order valence-electron chi connectivity index (χ1n) is 6.81. The third-order valence-corrected chi connectivity index (χ3v) is 3.68. The number of benzene rings is 1. The van der Waals surface area contributed by atoms with Gasteiger partial charge in [0.2, 0.25) is 0 Å². The van der Waals surface area contributed by atoms with Crippen LogP contribution in [0, 0.1) is 0 Å². The Balaban J connectivity index is 2.03. The van der Waals surface area contributed by atoms with Crippen molar-refractivity contribution >= 4 is 16.7 Å². The molecule has 0 saturated heterocycles. The molecule has 1 atom stereocenters. The van der Waals surface area contributed by atoms with Gasteiger partial charge >= 0.3 is 0 Å². The number of nitrogens with one attached hydrogen (secondary N) is 1. The van der Waals surface area contributed by atoms with Crippen molar-refractivity contribution in [3.8, 4) is 0 Å². The van der Waals surface area contributed by atoms with E-state index in [4.69, 9.17) is 0 Å². The van der Waals surface area contributed by atoms with E-state index in [-0.39, 0.29) is 11.7 Å². The van der Waals surface area contributed by atoms with Gasteiger partial charge in [-0.3, -0.25) is 9.78 Å². The fourth-order valence-corrected chi connectivity index (χ4v) is 2.61. The zero-order valence-corrected chi connectivity index (χ0v) is 11.3. The number of pyridine rings is 1. The number of nitrogens with zero attached hydrogens (tertiary/aromatic N) is 1. The van der Waals surface area contributed by atoms with Gasteiger partial charge in [-0.25, -0.2) is 0 Å². The average molecular weight is 264 g/mol. The molecule has 3 nitrogen and oxygen atoms in total. The van der Waals surface area contributed by atoms with Crippen LogP contribution in [0.2, 0.25) is 0 Å². The maximum absolute atomic E-state index is 12.8. The zero-order valence-electron chi connectivity index (χ0n) is 11.3. The van der Waals surface area contributed by atoms with Gasteiger partial charge in [0.05, 0.1) is 0 Å². The van der Waals surface area contributed by atoms with E-state index in [9.17, 15) is 4.79 Å². The van der Waals surface area contributed by atoms with E-state index in [1.54, 1.807) is 18.6 Å². The lowest BCUT2D eigenvalue weighted by Crippen LogP contribution is -2.11. The van der Waals surface area contributed by atoms with Gasteiger partial charge in [0.1, 0.15) is 0 Å². The third-order valence-electron chi connectivity index (χ3n) is 3.68. The first kappa shape index (κ1) is 12.6. The molecule has 0 bridgehead atoms. The molecule has 0 amide bonds. The van der Waals surface area contributed by atoms with Gasteiger partial charge in [-0.1, -0.05) is 37.3 Å². The molecule has 3 rings (SSSR count). The van der Waals surface area contributed by atoms with Gasteiger partial charge in [-0.05, 0) is 18.1 Å². The lowest BCUT2D eigenvalue weighted by Gasteiger charge is -2.13. The molecule has 0 aliphatic rings. The highest BCUT2D eigenvalue weighted by molar-refractivity contribution is 6.10. The summed E-state index contributed by atoms with van der Waals surface area (Å²) in [7, 11) is 0. The van der Waals surface area contributed by atoms with E-state index in [1.165, 1.54) is 0 Å². The number of carbonyl (C=O) groups is 1. The minimum Gasteiger partial charge on any atom is -0.360 e. The second kappa shape index (κ2) is 5.29. The van der Waals surface area contributed by atoms with E-state index in [0.29, 0.717) is 0 Å². The molecule has 1 aromatic carbocycles. The van der Waals surface area contributed by atoms with Crippen LogP contribution in [0.15, 0.2) is 55.0 Å². The Morgan fingerprint density at radius 3 is 2.80 bits per heavy atom. The van der Waals surface area contributed by atoms with Crippen LogP contribution in [0.5, 0.6) is 0 Å². The van der Waals surface area contributed by atoms with Gasteiger partial charge < -0.3 is 4.98 Å². The second-order valence-corrected chi connectivity index (χ2v) is 4.86. The van der Waals surface area contributed by atoms with Crippen LogP contribution in [-0.2, 0) is 0 Å². The standard InChI is InChI=1S/C17H16N2O/c1-2-13(12-6-4-3-5-7-12)17(20)15-11-19-16-8-9-18-10-14(15)16/h3-11,13,19H,2H2,1H3. The molecule has 0 aliphatic carbocycles. The molecule has 0 fully saturated rings. The number of H-pyrrole nitrogens is 1. The summed E-state index contributed by atoms with van der Waals surface area (Å²) in [6, 6.07) is 11.8. The van der Waals surface area contributed by atoms with Crippen LogP contribution in [0.3, 0.4) is 0 Å². The van der Waals surface area contributed by atoms with Crippen molar-refractivity contribution < 1.29 is 4.79 Å². The van der Waals surface area contributed by atoms with E-state index < -0.39 is 0 Å². The summed E-state index contributed by atoms with van der Waals surface area (Å²) in [5, 5.41) is 0.895. The number of aromatic amines is 1. The Bertz CT molecular complexity index is 731. The van der Waals surface area contributed by atoms with E-state index in [0.717, 1.165) is 28.5 Å². The normalized spacial score (nSPS) is 12.4. The summed E-state index contributed by atoms with van der Waals surface area (Å²) in [5.41, 5.74) is 2.74. The van der Waals surface area contributed by atoms with Crippen molar-refractivity contribution in [3.05, 3.63) is 66.1 Å². The van der Waals surface area contributed by atoms with Crippen LogP contribution in [0.4, 0.5) is 0 Å². The summed E-state index contributed by atoms with van der Waals surface area (Å²) in [6.07, 6.45) is 6.05. The maximum Gasteiger partial charge on any atom is 0.172 e. The smallest absolute Gasteiger partial charge is 0.172 e. The summed E-state index contributed by atoms with van der Waals surface area (Å²) in [5.74, 6) is 0.0494. The number of aromatic nitrogens is 2. The van der Waals surface area contributed by atoms with Crippen molar-refractivity contribution in [3.63, 3.8) is 0 Å². The Morgan fingerprint density at radius 1 is 1.25 bits per heavy atom. The molecule has 3 aromatic rings. The summed E-state index contributed by atoms with van der Waals surface area (Å²) >= 11 is 0. The number of hydrogen-bond acceptors (Lipinski definition) is 2. The summed E-state index contributed by atoms with van der Waals surface area (Å²) in [6.45, 7) is 2.04. The van der Waals surface area contributed by atoms with E-state index in [1.807, 2.05) is 43.3 Å². The van der Waals surface area contributed by atoms with E-state index >= 15 is 0 Å². The van der Waals surface area contributed by atoms with Crippen LogP contribution < -0.4 is 0 Å². The highest BCUT2D eigenvalue weighted by atomic mass is 16.1. The first-order chi connectivity index (χ1) is 9.81. The molecule has 20 heavy (non-hydrogen) atoms. The molecule has 0 radical (unpaired) electrons. The van der Waals surface area contributed by atoms with Crippen molar-refractivity contribution in [1.82, 2.24) is 9.97 Å².